The molecule has 1 aromatic heterocycles. The van der Waals surface area contributed by atoms with Crippen LogP contribution in [0.25, 0.3) is 0 Å². The Morgan fingerprint density at radius 2 is 2.20 bits per heavy atom. The van der Waals surface area contributed by atoms with E-state index in [1.54, 1.807) is 6.20 Å². The Bertz CT molecular complexity index is 139. The van der Waals surface area contributed by atoms with Crippen molar-refractivity contribution in [2.75, 3.05) is 0 Å². The maximum absolute atomic E-state index is 4.02. The summed E-state index contributed by atoms with van der Waals surface area (Å²) in [5.74, 6) is 0. The van der Waals surface area contributed by atoms with Gasteiger partial charge in [0.05, 0.1) is 0 Å². The summed E-state index contributed by atoms with van der Waals surface area (Å²) in [5, 5.41) is 4.02. The second kappa shape index (κ2) is 6.58. The third kappa shape index (κ3) is 3.48. The molecule has 0 aliphatic rings. The second-order valence-corrected chi connectivity index (χ2v) is 1.77. The van der Waals surface area contributed by atoms with Gasteiger partial charge in [-0.3, -0.25) is 4.68 Å². The van der Waals surface area contributed by atoms with E-state index >= 15 is 0 Å². The first-order valence-corrected chi connectivity index (χ1v) is 2.91. The zero-order valence-corrected chi connectivity index (χ0v) is 6.97. The summed E-state index contributed by atoms with van der Waals surface area (Å²) in [6.45, 7) is 3.18. The summed E-state index contributed by atoms with van der Waals surface area (Å²) in [4.78, 5) is 0. The van der Waals surface area contributed by atoms with Crippen molar-refractivity contribution in [2.24, 2.45) is 0 Å². The van der Waals surface area contributed by atoms with E-state index in [9.17, 15) is 0 Å². The highest BCUT2D eigenvalue weighted by Crippen LogP contribution is 1.85. The minimum absolute atomic E-state index is 0. The Morgan fingerprint density at radius 3 is 2.60 bits per heavy atom. The Balaban J connectivity index is 0. The summed E-state index contributed by atoms with van der Waals surface area (Å²) in [7, 11) is 0. The van der Waals surface area contributed by atoms with Gasteiger partial charge in [0.15, 0.2) is 0 Å². The first-order valence-electron chi connectivity index (χ1n) is 2.91. The Kier molecular flexibility index (Phi) is 8.00. The van der Waals surface area contributed by atoms with Crippen molar-refractivity contribution in [1.82, 2.24) is 15.9 Å². The molecule has 0 saturated heterocycles. The molecule has 0 saturated carbocycles. The van der Waals surface area contributed by atoms with Gasteiger partial charge in [-0.1, -0.05) is 6.92 Å². The van der Waals surface area contributed by atoms with E-state index in [0.29, 0.717) is 0 Å². The lowest BCUT2D eigenvalue weighted by Gasteiger charge is -1.92. The lowest BCUT2D eigenvalue weighted by atomic mass is 10.5. The molecule has 0 aliphatic heterocycles. The number of aromatic nitrogens is 2. The molecule has 0 amide bonds. The molecule has 3 nitrogen and oxygen atoms in total. The van der Waals surface area contributed by atoms with Gasteiger partial charge in [-0.05, 0) is 12.5 Å². The molecule has 1 rings (SSSR count). The fraction of sp³-hybridized carbons (Fsp3) is 0.500. The molecular weight excluding hydrogens is 150 g/mol. The Morgan fingerprint density at radius 1 is 1.50 bits per heavy atom. The molecule has 1 heterocycles. The summed E-state index contributed by atoms with van der Waals surface area (Å²) in [6.07, 6.45) is 4.93. The topological polar surface area (TPSA) is 52.8 Å². The van der Waals surface area contributed by atoms with Crippen LogP contribution in [0.5, 0.6) is 0 Å². The van der Waals surface area contributed by atoms with Crippen LogP contribution in [0.1, 0.15) is 13.3 Å². The van der Waals surface area contributed by atoms with Crippen LogP contribution in [0.3, 0.4) is 0 Å². The third-order valence-electron chi connectivity index (χ3n) is 1.01. The Hall–Kier alpha value is -0.540. The van der Waals surface area contributed by atoms with Crippen molar-refractivity contribution >= 4 is 12.4 Å². The smallest absolute Gasteiger partial charge is 0.0489 e. The molecule has 4 heteroatoms. The summed E-state index contributed by atoms with van der Waals surface area (Å²) in [5.41, 5.74) is 0. The van der Waals surface area contributed by atoms with E-state index in [1.807, 2.05) is 16.9 Å². The lowest BCUT2D eigenvalue weighted by molar-refractivity contribution is 0.603. The predicted molar refractivity (Wildman–Crippen MR) is 44.8 cm³/mol. The fourth-order valence-electron chi connectivity index (χ4n) is 0.662. The van der Waals surface area contributed by atoms with Crippen LogP contribution in [0, 0.1) is 0 Å². The molecule has 0 aromatic carbocycles. The highest BCUT2D eigenvalue weighted by molar-refractivity contribution is 5.85. The molecule has 3 N–H and O–H groups in total. The molecular formula is C6H14ClN3. The third-order valence-corrected chi connectivity index (χ3v) is 1.01. The molecule has 0 bridgehead atoms. The van der Waals surface area contributed by atoms with Crippen molar-refractivity contribution in [3.63, 3.8) is 0 Å². The molecule has 0 unspecified atom stereocenters. The highest BCUT2D eigenvalue weighted by atomic mass is 35.5. The zero-order chi connectivity index (χ0) is 5.82. The zero-order valence-electron chi connectivity index (χ0n) is 6.16. The second-order valence-electron chi connectivity index (χ2n) is 1.77. The van der Waals surface area contributed by atoms with E-state index in [2.05, 4.69) is 12.0 Å². The highest BCUT2D eigenvalue weighted by Gasteiger charge is 1.82. The van der Waals surface area contributed by atoms with E-state index < -0.39 is 0 Å². The van der Waals surface area contributed by atoms with E-state index in [4.69, 9.17) is 0 Å². The quantitative estimate of drug-likeness (QED) is 0.724. The van der Waals surface area contributed by atoms with Crippen molar-refractivity contribution in [2.45, 2.75) is 19.9 Å². The average Bonchev–Trinajstić information content (AvgIpc) is 2.19. The minimum atomic E-state index is 0. The van der Waals surface area contributed by atoms with Crippen molar-refractivity contribution in [3.05, 3.63) is 18.5 Å². The van der Waals surface area contributed by atoms with Gasteiger partial charge in [-0.2, -0.15) is 5.10 Å². The maximum atomic E-state index is 4.02. The summed E-state index contributed by atoms with van der Waals surface area (Å²) < 4.78 is 1.93. The molecule has 1 aromatic rings. The van der Waals surface area contributed by atoms with E-state index in [1.165, 1.54) is 0 Å². The summed E-state index contributed by atoms with van der Waals surface area (Å²) >= 11 is 0. The minimum Gasteiger partial charge on any atom is -0.344 e. The van der Waals surface area contributed by atoms with Gasteiger partial charge in [0.25, 0.3) is 0 Å². The van der Waals surface area contributed by atoms with Gasteiger partial charge < -0.3 is 6.15 Å². The number of hydrogen-bond acceptors (Lipinski definition) is 2. The maximum Gasteiger partial charge on any atom is 0.0489 e. The largest absolute Gasteiger partial charge is 0.344 e. The number of nitrogens with zero attached hydrogens (tertiary/aromatic N) is 2. The van der Waals surface area contributed by atoms with Gasteiger partial charge >= 0.3 is 0 Å². The number of aryl methyl sites for hydroxylation is 1. The van der Waals surface area contributed by atoms with Crippen LogP contribution in [-0.2, 0) is 6.54 Å². The van der Waals surface area contributed by atoms with Gasteiger partial charge in [-0.25, -0.2) is 0 Å². The fourth-order valence-corrected chi connectivity index (χ4v) is 0.662. The van der Waals surface area contributed by atoms with Gasteiger partial charge in [-0.15, -0.1) is 12.4 Å². The molecule has 0 radical (unpaired) electrons. The molecule has 0 fully saturated rings. The lowest BCUT2D eigenvalue weighted by Crippen LogP contribution is -1.95. The SMILES string of the molecule is CCCn1cccn1.Cl.N. The van der Waals surface area contributed by atoms with Crippen molar-refractivity contribution < 1.29 is 0 Å². The first kappa shape index (κ1) is 12.2. The Labute approximate surface area is 67.4 Å². The van der Waals surface area contributed by atoms with Crippen LogP contribution in [0.15, 0.2) is 18.5 Å². The monoisotopic (exact) mass is 163 g/mol. The molecule has 0 spiro atoms. The summed E-state index contributed by atoms with van der Waals surface area (Å²) in [6, 6.07) is 1.94. The van der Waals surface area contributed by atoms with Crippen LogP contribution in [0.2, 0.25) is 0 Å². The number of halogens is 1. The number of rotatable bonds is 2. The van der Waals surface area contributed by atoms with Crippen molar-refractivity contribution in [1.29, 1.82) is 0 Å². The van der Waals surface area contributed by atoms with E-state index in [-0.39, 0.29) is 18.6 Å². The normalized spacial score (nSPS) is 7.70. The van der Waals surface area contributed by atoms with Gasteiger partial charge in [0, 0.05) is 18.9 Å². The van der Waals surface area contributed by atoms with Crippen LogP contribution in [-0.4, -0.2) is 9.78 Å². The predicted octanol–water partition coefficient (Wildman–Crippen LogP) is 1.88. The van der Waals surface area contributed by atoms with Crippen LogP contribution >= 0.6 is 12.4 Å². The van der Waals surface area contributed by atoms with Gasteiger partial charge in [0.1, 0.15) is 0 Å². The van der Waals surface area contributed by atoms with Crippen molar-refractivity contribution in [3.8, 4) is 0 Å². The molecule has 60 valence electrons. The first-order chi connectivity index (χ1) is 3.93. The number of hydrogen-bond donors (Lipinski definition) is 1. The van der Waals surface area contributed by atoms with E-state index in [0.717, 1.165) is 13.0 Å². The van der Waals surface area contributed by atoms with Crippen LogP contribution in [0.4, 0.5) is 0 Å². The standard InChI is InChI=1S/C6H10N2.ClH.H3N/c1-2-5-8-6-3-4-7-8;;/h3-4,6H,2,5H2,1H3;1H;1H3. The van der Waals surface area contributed by atoms with Crippen LogP contribution < -0.4 is 6.15 Å². The molecule has 0 atom stereocenters. The van der Waals surface area contributed by atoms with Gasteiger partial charge in [0.2, 0.25) is 0 Å². The molecule has 0 aliphatic carbocycles. The molecule has 10 heavy (non-hydrogen) atoms. The average molecular weight is 164 g/mol.